The predicted molar refractivity (Wildman–Crippen MR) is 117 cm³/mol. The van der Waals surface area contributed by atoms with E-state index in [2.05, 4.69) is 15.6 Å². The van der Waals surface area contributed by atoms with Gasteiger partial charge in [-0.3, -0.25) is 19.7 Å². The van der Waals surface area contributed by atoms with Crippen LogP contribution < -0.4 is 10.6 Å². The number of amides is 2. The van der Waals surface area contributed by atoms with Crippen molar-refractivity contribution in [3.63, 3.8) is 0 Å². The van der Waals surface area contributed by atoms with E-state index in [1.165, 1.54) is 23.5 Å². The number of halogens is 1. The summed E-state index contributed by atoms with van der Waals surface area (Å²) < 4.78 is 0.952. The molecule has 0 bridgehead atoms. The number of rotatable bonds is 6. The van der Waals surface area contributed by atoms with Gasteiger partial charge in [0.25, 0.3) is 11.6 Å². The topological polar surface area (TPSA) is 114 Å². The summed E-state index contributed by atoms with van der Waals surface area (Å²) in [6, 6.07) is 8.50. The van der Waals surface area contributed by atoms with Crippen LogP contribution >= 0.6 is 22.9 Å². The molecule has 0 saturated carbocycles. The Bertz CT molecular complexity index is 1150. The van der Waals surface area contributed by atoms with Crippen LogP contribution in [0.25, 0.3) is 10.2 Å². The number of hydrogen-bond acceptors (Lipinski definition) is 6. The Kier molecular flexibility index (Phi) is 6.33. The number of thiazole rings is 1. The minimum atomic E-state index is -0.850. The highest BCUT2D eigenvalue weighted by atomic mass is 35.5. The molecular formula is C20H19ClN4O4S. The highest BCUT2D eigenvalue weighted by Crippen LogP contribution is 2.28. The van der Waals surface area contributed by atoms with E-state index >= 15 is 0 Å². The molecule has 0 aliphatic carbocycles. The first-order chi connectivity index (χ1) is 14.2. The normalized spacial score (nSPS) is 12.0. The Morgan fingerprint density at radius 3 is 2.57 bits per heavy atom. The number of nitro groups is 1. The van der Waals surface area contributed by atoms with Crippen molar-refractivity contribution < 1.29 is 14.5 Å². The van der Waals surface area contributed by atoms with Crippen LogP contribution in [0.4, 0.5) is 10.8 Å². The van der Waals surface area contributed by atoms with Gasteiger partial charge in [-0.25, -0.2) is 4.98 Å². The second-order valence-electron chi connectivity index (χ2n) is 7.05. The summed E-state index contributed by atoms with van der Waals surface area (Å²) in [4.78, 5) is 40.2. The molecule has 0 saturated heterocycles. The number of nitrogens with zero attached hydrogens (tertiary/aromatic N) is 2. The molecule has 0 aliphatic heterocycles. The number of para-hydroxylation sites is 1. The quantitative estimate of drug-likeness (QED) is 0.425. The number of anilines is 1. The van der Waals surface area contributed by atoms with Crippen molar-refractivity contribution in [2.24, 2.45) is 5.92 Å². The molecule has 8 nitrogen and oxygen atoms in total. The largest absolute Gasteiger partial charge is 0.340 e. The number of nitro benzene ring substituents is 1. The second-order valence-corrected chi connectivity index (χ2v) is 8.48. The molecule has 0 spiro atoms. The SMILES string of the molecule is Cc1cccc2sc(NC(=O)[C@@H](NC(=O)c3ccc([N+](=O)[O-])cc3Cl)C(C)C)nc12. The van der Waals surface area contributed by atoms with Crippen LogP contribution in [0, 0.1) is 23.0 Å². The highest BCUT2D eigenvalue weighted by Gasteiger charge is 2.27. The molecule has 3 rings (SSSR count). The van der Waals surface area contributed by atoms with Gasteiger partial charge in [-0.15, -0.1) is 0 Å². The lowest BCUT2D eigenvalue weighted by Gasteiger charge is -2.21. The third kappa shape index (κ3) is 4.58. The van der Waals surface area contributed by atoms with Crippen LogP contribution in [0.15, 0.2) is 36.4 Å². The van der Waals surface area contributed by atoms with Gasteiger partial charge in [0.2, 0.25) is 5.91 Å². The van der Waals surface area contributed by atoms with Crippen molar-refractivity contribution in [3.05, 3.63) is 62.7 Å². The molecule has 3 aromatic rings. The standard InChI is InChI=1S/C20H19ClN4O4S/c1-10(2)16(22-18(26)13-8-7-12(25(28)29)9-14(13)21)19(27)24-20-23-17-11(3)5-4-6-15(17)30-20/h4-10,16H,1-3H3,(H,22,26)(H,23,24,27)/t16-/m0/s1. The van der Waals surface area contributed by atoms with Gasteiger partial charge in [0.1, 0.15) is 6.04 Å². The van der Waals surface area contributed by atoms with Gasteiger partial charge in [-0.05, 0) is 30.5 Å². The summed E-state index contributed by atoms with van der Waals surface area (Å²) in [5, 5.41) is 16.6. The first-order valence-corrected chi connectivity index (χ1v) is 10.3. The summed E-state index contributed by atoms with van der Waals surface area (Å²) in [6.07, 6.45) is 0. The molecule has 2 aromatic carbocycles. The Labute approximate surface area is 181 Å². The lowest BCUT2D eigenvalue weighted by Crippen LogP contribution is -2.47. The number of hydrogen-bond donors (Lipinski definition) is 2. The zero-order valence-electron chi connectivity index (χ0n) is 16.4. The maximum atomic E-state index is 12.8. The van der Waals surface area contributed by atoms with Crippen LogP contribution in [0.3, 0.4) is 0 Å². The number of nitrogens with one attached hydrogen (secondary N) is 2. The van der Waals surface area contributed by atoms with E-state index in [0.29, 0.717) is 5.13 Å². The van der Waals surface area contributed by atoms with E-state index in [4.69, 9.17) is 11.6 Å². The number of carbonyl (C=O) groups excluding carboxylic acids is 2. The van der Waals surface area contributed by atoms with Crippen molar-refractivity contribution in [1.29, 1.82) is 0 Å². The van der Waals surface area contributed by atoms with Crippen LogP contribution in [0.2, 0.25) is 5.02 Å². The lowest BCUT2D eigenvalue weighted by molar-refractivity contribution is -0.384. The highest BCUT2D eigenvalue weighted by molar-refractivity contribution is 7.22. The molecule has 10 heteroatoms. The smallest absolute Gasteiger partial charge is 0.270 e. The monoisotopic (exact) mass is 446 g/mol. The predicted octanol–water partition coefficient (Wildman–Crippen LogP) is 4.56. The zero-order chi connectivity index (χ0) is 22.0. The third-order valence-electron chi connectivity index (χ3n) is 4.49. The van der Waals surface area contributed by atoms with E-state index in [1.54, 1.807) is 13.8 Å². The molecule has 2 amide bonds. The molecular weight excluding hydrogens is 428 g/mol. The number of non-ortho nitro benzene ring substituents is 1. The summed E-state index contributed by atoms with van der Waals surface area (Å²) in [6.45, 7) is 5.54. The van der Waals surface area contributed by atoms with Crippen molar-refractivity contribution in [2.45, 2.75) is 26.8 Å². The van der Waals surface area contributed by atoms with Gasteiger partial charge in [-0.2, -0.15) is 0 Å². The molecule has 0 fully saturated rings. The number of fused-ring (bicyclic) bond motifs is 1. The zero-order valence-corrected chi connectivity index (χ0v) is 18.0. The number of aryl methyl sites for hydroxylation is 1. The van der Waals surface area contributed by atoms with E-state index in [0.717, 1.165) is 21.8 Å². The van der Waals surface area contributed by atoms with E-state index in [9.17, 15) is 19.7 Å². The van der Waals surface area contributed by atoms with Gasteiger partial charge < -0.3 is 10.6 Å². The molecule has 2 N–H and O–H groups in total. The molecule has 30 heavy (non-hydrogen) atoms. The Morgan fingerprint density at radius 2 is 1.97 bits per heavy atom. The maximum Gasteiger partial charge on any atom is 0.270 e. The van der Waals surface area contributed by atoms with Gasteiger partial charge >= 0.3 is 0 Å². The average Bonchev–Trinajstić information content (AvgIpc) is 3.09. The van der Waals surface area contributed by atoms with E-state index in [-0.39, 0.29) is 22.2 Å². The van der Waals surface area contributed by atoms with E-state index in [1.807, 2.05) is 25.1 Å². The van der Waals surface area contributed by atoms with Crippen molar-refractivity contribution in [3.8, 4) is 0 Å². The molecule has 1 aromatic heterocycles. The van der Waals surface area contributed by atoms with Crippen molar-refractivity contribution in [2.75, 3.05) is 5.32 Å². The first kappa shape index (κ1) is 21.7. The van der Waals surface area contributed by atoms with Gasteiger partial charge in [0.05, 0.1) is 25.7 Å². The summed E-state index contributed by atoms with van der Waals surface area (Å²) in [5.74, 6) is -1.22. The van der Waals surface area contributed by atoms with Gasteiger partial charge in [-0.1, -0.05) is 48.9 Å². The first-order valence-electron chi connectivity index (χ1n) is 9.09. The van der Waals surface area contributed by atoms with Crippen LogP contribution in [0.1, 0.15) is 29.8 Å². The lowest BCUT2D eigenvalue weighted by atomic mass is 10.0. The maximum absolute atomic E-state index is 12.8. The van der Waals surface area contributed by atoms with Gasteiger partial charge in [0.15, 0.2) is 5.13 Å². The molecule has 1 heterocycles. The fraction of sp³-hybridized carbons (Fsp3) is 0.250. The van der Waals surface area contributed by atoms with Gasteiger partial charge in [0, 0.05) is 12.1 Å². The van der Waals surface area contributed by atoms with Crippen LogP contribution in [0.5, 0.6) is 0 Å². The number of aromatic nitrogens is 1. The minimum Gasteiger partial charge on any atom is -0.340 e. The third-order valence-corrected chi connectivity index (χ3v) is 5.74. The summed E-state index contributed by atoms with van der Waals surface area (Å²) >= 11 is 7.38. The number of benzene rings is 2. The van der Waals surface area contributed by atoms with Crippen molar-refractivity contribution >= 4 is 55.8 Å². The summed E-state index contributed by atoms with van der Waals surface area (Å²) in [5.41, 5.74) is 1.66. The van der Waals surface area contributed by atoms with E-state index < -0.39 is 22.8 Å². The molecule has 156 valence electrons. The fourth-order valence-corrected chi connectivity index (χ4v) is 4.09. The molecule has 0 radical (unpaired) electrons. The number of carbonyl (C=O) groups is 2. The average molecular weight is 447 g/mol. The molecule has 0 unspecified atom stereocenters. The minimum absolute atomic E-state index is 0.0522. The summed E-state index contributed by atoms with van der Waals surface area (Å²) in [7, 11) is 0. The fourth-order valence-electron chi connectivity index (χ4n) is 2.88. The van der Waals surface area contributed by atoms with Crippen molar-refractivity contribution in [1.82, 2.24) is 10.3 Å². The second kappa shape index (κ2) is 8.76. The molecule has 1 atom stereocenters. The Balaban J connectivity index is 1.77. The van der Waals surface area contributed by atoms with Crippen LogP contribution in [-0.4, -0.2) is 27.8 Å². The Morgan fingerprint density at radius 1 is 1.23 bits per heavy atom. The van der Waals surface area contributed by atoms with Crippen LogP contribution in [-0.2, 0) is 4.79 Å². The molecule has 0 aliphatic rings. The Hall–Kier alpha value is -3.04.